The number of hydrogen-bond acceptors (Lipinski definition) is 3. The summed E-state index contributed by atoms with van der Waals surface area (Å²) in [7, 11) is 1.58. The van der Waals surface area contributed by atoms with Gasteiger partial charge in [0.2, 0.25) is 5.91 Å². The fraction of sp³-hybridized carbons (Fsp3) is 0.786. The lowest BCUT2D eigenvalue weighted by Gasteiger charge is -2.23. The quantitative estimate of drug-likeness (QED) is 0.640. The minimum Gasteiger partial charge on any atom is -0.481 e. The van der Waals surface area contributed by atoms with E-state index < -0.39 is 11.4 Å². The van der Waals surface area contributed by atoms with E-state index in [1.165, 1.54) is 0 Å². The summed E-state index contributed by atoms with van der Waals surface area (Å²) in [5, 5.41) is 14.8. The molecule has 0 unspecified atom stereocenters. The van der Waals surface area contributed by atoms with E-state index >= 15 is 0 Å². The number of carboxylic acids is 1. The van der Waals surface area contributed by atoms with E-state index in [-0.39, 0.29) is 17.9 Å². The molecule has 0 aromatic rings. The molecule has 1 saturated carbocycles. The fourth-order valence-electron chi connectivity index (χ4n) is 3.47. The Morgan fingerprint density at radius 1 is 1.38 bits per heavy atom. The van der Waals surface area contributed by atoms with Crippen LogP contribution in [0, 0.1) is 11.3 Å². The van der Waals surface area contributed by atoms with Crippen LogP contribution in [0.5, 0.6) is 0 Å². The Morgan fingerprint density at radius 2 is 2.14 bits per heavy atom. The maximum atomic E-state index is 12.1. The summed E-state index contributed by atoms with van der Waals surface area (Å²) in [5.74, 6) is -0.753. The molecule has 118 valence electrons. The Kier molecular flexibility index (Phi) is 4.69. The third-order valence-corrected chi connectivity index (χ3v) is 4.72. The number of fused-ring (bicyclic) bond motifs is 1. The number of rotatable bonds is 5. The first kappa shape index (κ1) is 15.6. The number of likely N-dealkylation sites (tertiary alicyclic amines) is 1. The van der Waals surface area contributed by atoms with Crippen LogP contribution in [-0.2, 0) is 9.59 Å². The number of aliphatic carboxylic acids is 1. The van der Waals surface area contributed by atoms with Gasteiger partial charge in [-0.05, 0) is 25.2 Å². The molecule has 3 N–H and O–H groups in total. The molecular weight excluding hydrogens is 274 g/mol. The van der Waals surface area contributed by atoms with Crippen molar-refractivity contribution in [2.45, 2.75) is 32.1 Å². The van der Waals surface area contributed by atoms with Crippen molar-refractivity contribution in [2.24, 2.45) is 11.3 Å². The van der Waals surface area contributed by atoms with E-state index in [1.54, 1.807) is 11.9 Å². The van der Waals surface area contributed by atoms with Crippen LogP contribution in [0.25, 0.3) is 0 Å². The van der Waals surface area contributed by atoms with Crippen molar-refractivity contribution >= 4 is 17.9 Å². The largest absolute Gasteiger partial charge is 0.481 e. The van der Waals surface area contributed by atoms with Gasteiger partial charge < -0.3 is 20.6 Å². The third-order valence-electron chi connectivity index (χ3n) is 4.72. The summed E-state index contributed by atoms with van der Waals surface area (Å²) < 4.78 is 0. The molecular formula is C14H23N3O4. The minimum absolute atomic E-state index is 0.0511. The molecule has 21 heavy (non-hydrogen) atoms. The standard InChI is InChI=1S/C14H23N3O4/c1-15-11(18)5-3-7-16-13(21)17-8-10-4-2-6-14(10,9-17)12(19)20/h10H,2-9H2,1H3,(H,15,18)(H,16,21)(H,19,20)/t10-,14+/m0/s1. The van der Waals surface area contributed by atoms with Crippen LogP contribution in [0.15, 0.2) is 0 Å². The summed E-state index contributed by atoms with van der Waals surface area (Å²) in [6, 6.07) is -0.220. The van der Waals surface area contributed by atoms with Gasteiger partial charge in [-0.15, -0.1) is 0 Å². The van der Waals surface area contributed by atoms with Crippen LogP contribution in [-0.4, -0.2) is 54.6 Å². The second kappa shape index (κ2) is 6.32. The van der Waals surface area contributed by atoms with Gasteiger partial charge in [-0.2, -0.15) is 0 Å². The van der Waals surface area contributed by atoms with Crippen molar-refractivity contribution < 1.29 is 19.5 Å². The number of amides is 3. The van der Waals surface area contributed by atoms with Gasteiger partial charge in [0.25, 0.3) is 0 Å². The Bertz CT molecular complexity index is 440. The lowest BCUT2D eigenvalue weighted by atomic mass is 9.81. The molecule has 7 heteroatoms. The second-order valence-electron chi connectivity index (χ2n) is 5.94. The number of nitrogens with zero attached hydrogens (tertiary/aromatic N) is 1. The van der Waals surface area contributed by atoms with Crippen LogP contribution >= 0.6 is 0 Å². The molecule has 1 aliphatic heterocycles. The Labute approximate surface area is 124 Å². The molecule has 2 fully saturated rings. The Morgan fingerprint density at radius 3 is 2.76 bits per heavy atom. The van der Waals surface area contributed by atoms with Gasteiger partial charge in [-0.25, -0.2) is 4.79 Å². The van der Waals surface area contributed by atoms with E-state index in [1.807, 2.05) is 0 Å². The Hall–Kier alpha value is -1.79. The molecule has 7 nitrogen and oxygen atoms in total. The first-order chi connectivity index (χ1) is 9.99. The zero-order valence-corrected chi connectivity index (χ0v) is 12.4. The normalized spacial score (nSPS) is 27.3. The van der Waals surface area contributed by atoms with Crippen molar-refractivity contribution in [1.82, 2.24) is 15.5 Å². The number of carbonyl (C=O) groups is 3. The number of carboxylic acid groups (broad SMARTS) is 1. The van der Waals surface area contributed by atoms with E-state index in [0.29, 0.717) is 38.9 Å². The summed E-state index contributed by atoms with van der Waals surface area (Å²) >= 11 is 0. The van der Waals surface area contributed by atoms with Gasteiger partial charge in [0.1, 0.15) is 0 Å². The van der Waals surface area contributed by atoms with Crippen molar-refractivity contribution in [1.29, 1.82) is 0 Å². The topological polar surface area (TPSA) is 98.7 Å². The summed E-state index contributed by atoms with van der Waals surface area (Å²) in [6.07, 6.45) is 3.42. The monoisotopic (exact) mass is 297 g/mol. The third kappa shape index (κ3) is 3.11. The highest BCUT2D eigenvalue weighted by molar-refractivity contribution is 5.80. The van der Waals surface area contributed by atoms with E-state index in [0.717, 1.165) is 12.8 Å². The minimum atomic E-state index is -0.778. The highest BCUT2D eigenvalue weighted by Gasteiger charge is 2.55. The van der Waals surface area contributed by atoms with Crippen LogP contribution in [0.2, 0.25) is 0 Å². The van der Waals surface area contributed by atoms with Crippen LogP contribution < -0.4 is 10.6 Å². The number of urea groups is 1. The first-order valence-electron chi connectivity index (χ1n) is 7.46. The molecule has 0 radical (unpaired) electrons. The van der Waals surface area contributed by atoms with Crippen LogP contribution in [0.1, 0.15) is 32.1 Å². The maximum absolute atomic E-state index is 12.1. The first-order valence-corrected chi connectivity index (χ1v) is 7.46. The van der Waals surface area contributed by atoms with Gasteiger partial charge in [0, 0.05) is 33.1 Å². The van der Waals surface area contributed by atoms with Crippen molar-refractivity contribution in [3.05, 3.63) is 0 Å². The number of nitrogens with one attached hydrogen (secondary N) is 2. The van der Waals surface area contributed by atoms with Crippen molar-refractivity contribution in [2.75, 3.05) is 26.7 Å². The molecule has 2 aliphatic rings. The number of hydrogen-bond donors (Lipinski definition) is 3. The van der Waals surface area contributed by atoms with Crippen LogP contribution in [0.4, 0.5) is 4.79 Å². The van der Waals surface area contributed by atoms with Gasteiger partial charge in [0.05, 0.1) is 5.41 Å². The highest BCUT2D eigenvalue weighted by Crippen LogP contribution is 2.48. The smallest absolute Gasteiger partial charge is 0.317 e. The highest BCUT2D eigenvalue weighted by atomic mass is 16.4. The van der Waals surface area contributed by atoms with Gasteiger partial charge in [0.15, 0.2) is 0 Å². The number of carbonyl (C=O) groups excluding carboxylic acids is 2. The summed E-state index contributed by atoms with van der Waals surface area (Å²) in [4.78, 5) is 36.3. The predicted octanol–water partition coefficient (Wildman–Crippen LogP) is 0.409. The SMILES string of the molecule is CNC(=O)CCCNC(=O)N1C[C@@H]2CCC[C@@]2(C(=O)O)C1. The zero-order chi connectivity index (χ0) is 15.5. The molecule has 0 bridgehead atoms. The van der Waals surface area contributed by atoms with Gasteiger partial charge >= 0.3 is 12.0 Å². The van der Waals surface area contributed by atoms with Crippen LogP contribution in [0.3, 0.4) is 0 Å². The molecule has 1 aliphatic carbocycles. The van der Waals surface area contributed by atoms with E-state index in [2.05, 4.69) is 10.6 Å². The van der Waals surface area contributed by atoms with Crippen molar-refractivity contribution in [3.8, 4) is 0 Å². The molecule has 1 saturated heterocycles. The summed E-state index contributed by atoms with van der Waals surface area (Å²) in [5.41, 5.74) is -0.737. The molecule has 3 amide bonds. The molecule has 1 heterocycles. The molecule has 0 aromatic heterocycles. The lowest BCUT2D eigenvalue weighted by Crippen LogP contribution is -2.42. The van der Waals surface area contributed by atoms with Crippen molar-refractivity contribution in [3.63, 3.8) is 0 Å². The van der Waals surface area contributed by atoms with Gasteiger partial charge in [-0.1, -0.05) is 6.42 Å². The lowest BCUT2D eigenvalue weighted by molar-refractivity contribution is -0.149. The average molecular weight is 297 g/mol. The fourth-order valence-corrected chi connectivity index (χ4v) is 3.47. The molecule has 2 atom stereocenters. The molecule has 2 rings (SSSR count). The van der Waals surface area contributed by atoms with E-state index in [4.69, 9.17) is 0 Å². The zero-order valence-electron chi connectivity index (χ0n) is 12.4. The second-order valence-corrected chi connectivity index (χ2v) is 5.94. The van der Waals surface area contributed by atoms with Gasteiger partial charge in [-0.3, -0.25) is 9.59 Å². The molecule has 0 spiro atoms. The Balaban J connectivity index is 1.80. The average Bonchev–Trinajstić information content (AvgIpc) is 3.00. The van der Waals surface area contributed by atoms with E-state index in [9.17, 15) is 19.5 Å². The predicted molar refractivity (Wildman–Crippen MR) is 75.7 cm³/mol. The molecule has 0 aromatic carbocycles. The maximum Gasteiger partial charge on any atom is 0.317 e. The summed E-state index contributed by atoms with van der Waals surface area (Å²) in [6.45, 7) is 1.25.